The Bertz CT molecular complexity index is 707. The topological polar surface area (TPSA) is 73.2 Å². The summed E-state index contributed by atoms with van der Waals surface area (Å²) in [6.07, 6.45) is 0.792. The Morgan fingerprint density at radius 3 is 2.60 bits per heavy atom. The molecule has 0 aliphatic rings. The van der Waals surface area contributed by atoms with Crippen molar-refractivity contribution in [3.8, 4) is 5.75 Å². The molecule has 0 amide bonds. The normalized spacial score (nSPS) is 13.2. The van der Waals surface area contributed by atoms with Gasteiger partial charge in [-0.05, 0) is 24.2 Å². The summed E-state index contributed by atoms with van der Waals surface area (Å²) in [5.41, 5.74) is 7.34. The fraction of sp³-hybridized carbons (Fsp3) is 0.438. The lowest BCUT2D eigenvalue weighted by molar-refractivity contribution is -0.0519. The van der Waals surface area contributed by atoms with Crippen LogP contribution in [0.15, 0.2) is 28.9 Å². The van der Waals surface area contributed by atoms with E-state index < -0.39 is 20.8 Å². The minimum Gasteiger partial charge on any atom is -0.434 e. The van der Waals surface area contributed by atoms with Crippen LogP contribution in [0.5, 0.6) is 5.75 Å². The number of halogens is 3. The number of nitrogens with one attached hydrogen (secondary N) is 1. The molecule has 0 aliphatic carbocycles. The number of benzene rings is 1. The summed E-state index contributed by atoms with van der Waals surface area (Å²) in [6, 6.07) is 5.73. The molecule has 0 aliphatic heterocycles. The van der Waals surface area contributed by atoms with Gasteiger partial charge in [-0.1, -0.05) is 35.6 Å². The summed E-state index contributed by atoms with van der Waals surface area (Å²) in [5.74, 6) is 0.0465. The monoisotopic (exact) mass is 433 g/mol. The minimum atomic E-state index is -2.93. The Morgan fingerprint density at radius 2 is 2.04 bits per heavy atom. The molecule has 0 fully saturated rings. The molecule has 3 N–H and O–H groups in total. The van der Waals surface area contributed by atoms with Gasteiger partial charge in [0, 0.05) is 24.7 Å². The maximum atomic E-state index is 12.8. The number of nitrogens with two attached hydrogens (primary N) is 1. The minimum absolute atomic E-state index is 0.0465. The molecule has 1 aromatic heterocycles. The van der Waals surface area contributed by atoms with Crippen LogP contribution in [0.2, 0.25) is 25.7 Å². The second-order valence-corrected chi connectivity index (χ2v) is 13.4. The van der Waals surface area contributed by atoms with Crippen molar-refractivity contribution < 1.29 is 18.3 Å². The first kappa shape index (κ1) is 19.9. The molecular weight excluding hydrogens is 412 g/mol. The average Bonchev–Trinajstić information content (AvgIpc) is 2.90. The smallest absolute Gasteiger partial charge is 0.387 e. The van der Waals surface area contributed by atoms with Crippen LogP contribution in [0.3, 0.4) is 0 Å². The van der Waals surface area contributed by atoms with Gasteiger partial charge in [0.25, 0.3) is 0 Å². The van der Waals surface area contributed by atoms with E-state index in [9.17, 15) is 8.78 Å². The summed E-state index contributed by atoms with van der Waals surface area (Å²) in [5, 5.41) is 6.72. The van der Waals surface area contributed by atoms with Crippen LogP contribution in [0.25, 0.3) is 0 Å². The second-order valence-electron chi connectivity index (χ2n) is 6.86. The van der Waals surface area contributed by atoms with Crippen molar-refractivity contribution in [1.82, 2.24) is 10.2 Å². The quantitative estimate of drug-likeness (QED) is 0.586. The molecule has 5 nitrogen and oxygen atoms in total. The molecule has 9 heteroatoms. The summed E-state index contributed by atoms with van der Waals surface area (Å²) < 4.78 is 37.0. The highest BCUT2D eigenvalue weighted by atomic mass is 79.9. The third-order valence-corrected chi connectivity index (χ3v) is 5.77. The SMILES string of the molecule is C[Si](C)(C)CCOC(c1cc(Br)ccc1OC(F)F)c1[nH]ncc1N. The van der Waals surface area contributed by atoms with Crippen molar-refractivity contribution in [3.63, 3.8) is 0 Å². The number of aromatic amines is 1. The molecule has 1 aromatic carbocycles. The van der Waals surface area contributed by atoms with E-state index in [0.717, 1.165) is 10.5 Å². The molecule has 1 atom stereocenters. The predicted octanol–water partition coefficient (Wildman–Crippen LogP) is 4.80. The predicted molar refractivity (Wildman–Crippen MR) is 99.7 cm³/mol. The van der Waals surface area contributed by atoms with Crippen LogP contribution < -0.4 is 10.5 Å². The maximum absolute atomic E-state index is 12.8. The van der Waals surface area contributed by atoms with Gasteiger partial charge in [-0.25, -0.2) is 0 Å². The maximum Gasteiger partial charge on any atom is 0.387 e. The Morgan fingerprint density at radius 1 is 1.32 bits per heavy atom. The van der Waals surface area contributed by atoms with E-state index in [1.165, 1.54) is 12.3 Å². The fourth-order valence-electron chi connectivity index (χ4n) is 2.25. The van der Waals surface area contributed by atoms with Crippen LogP contribution in [0.1, 0.15) is 17.4 Å². The molecule has 2 rings (SSSR count). The Balaban J connectivity index is 2.38. The molecule has 1 heterocycles. The number of rotatable bonds is 8. The summed E-state index contributed by atoms with van der Waals surface area (Å²) in [6.45, 7) is 4.27. The molecule has 0 saturated heterocycles. The van der Waals surface area contributed by atoms with Crippen LogP contribution >= 0.6 is 15.9 Å². The molecular formula is C16H22BrF2N3O2Si. The third-order valence-electron chi connectivity index (χ3n) is 3.57. The van der Waals surface area contributed by atoms with E-state index >= 15 is 0 Å². The van der Waals surface area contributed by atoms with Crippen molar-refractivity contribution >= 4 is 29.7 Å². The van der Waals surface area contributed by atoms with Gasteiger partial charge in [0.1, 0.15) is 11.9 Å². The van der Waals surface area contributed by atoms with Crippen molar-refractivity contribution in [1.29, 1.82) is 0 Å². The van der Waals surface area contributed by atoms with E-state index in [1.807, 2.05) is 0 Å². The Kier molecular flexibility index (Phi) is 6.58. The highest BCUT2D eigenvalue weighted by Crippen LogP contribution is 2.37. The molecule has 138 valence electrons. The molecule has 0 saturated carbocycles. The van der Waals surface area contributed by atoms with E-state index in [-0.39, 0.29) is 5.75 Å². The number of hydrogen-bond acceptors (Lipinski definition) is 4. The first-order valence-electron chi connectivity index (χ1n) is 7.82. The van der Waals surface area contributed by atoms with Crippen molar-refractivity contribution in [2.45, 2.75) is 38.4 Å². The largest absolute Gasteiger partial charge is 0.434 e. The van der Waals surface area contributed by atoms with Crippen LogP contribution in [0, 0.1) is 0 Å². The third kappa shape index (κ3) is 5.79. The Labute approximate surface area is 155 Å². The summed E-state index contributed by atoms with van der Waals surface area (Å²) >= 11 is 3.36. The molecule has 25 heavy (non-hydrogen) atoms. The lowest BCUT2D eigenvalue weighted by Gasteiger charge is -2.23. The fourth-order valence-corrected chi connectivity index (χ4v) is 3.36. The van der Waals surface area contributed by atoms with Gasteiger partial charge in [-0.3, -0.25) is 5.10 Å². The number of alkyl halides is 2. The zero-order valence-electron chi connectivity index (χ0n) is 14.4. The average molecular weight is 434 g/mol. The molecule has 1 unspecified atom stereocenters. The van der Waals surface area contributed by atoms with Crippen LogP contribution in [-0.4, -0.2) is 31.5 Å². The highest BCUT2D eigenvalue weighted by molar-refractivity contribution is 9.10. The lowest BCUT2D eigenvalue weighted by atomic mass is 10.0. The zero-order valence-corrected chi connectivity index (χ0v) is 16.9. The molecule has 0 bridgehead atoms. The lowest BCUT2D eigenvalue weighted by Crippen LogP contribution is -2.23. The van der Waals surface area contributed by atoms with Gasteiger partial charge < -0.3 is 15.2 Å². The van der Waals surface area contributed by atoms with Crippen molar-refractivity contribution in [2.75, 3.05) is 12.3 Å². The van der Waals surface area contributed by atoms with Gasteiger partial charge in [0.15, 0.2) is 0 Å². The van der Waals surface area contributed by atoms with Crippen molar-refractivity contribution in [3.05, 3.63) is 40.1 Å². The number of anilines is 1. The summed E-state index contributed by atoms with van der Waals surface area (Å²) in [4.78, 5) is 0. The highest BCUT2D eigenvalue weighted by Gasteiger charge is 2.25. The van der Waals surface area contributed by atoms with E-state index in [4.69, 9.17) is 10.5 Å². The number of hydrogen-bond donors (Lipinski definition) is 2. The van der Waals surface area contributed by atoms with E-state index in [1.54, 1.807) is 12.1 Å². The van der Waals surface area contributed by atoms with Gasteiger partial charge in [0.2, 0.25) is 0 Å². The number of ether oxygens (including phenoxy) is 2. The van der Waals surface area contributed by atoms with Gasteiger partial charge in [0.05, 0.1) is 17.6 Å². The molecule has 0 radical (unpaired) electrons. The molecule has 0 spiro atoms. The van der Waals surface area contributed by atoms with Gasteiger partial charge >= 0.3 is 6.61 Å². The first-order chi connectivity index (χ1) is 11.7. The van der Waals surface area contributed by atoms with Crippen molar-refractivity contribution in [2.24, 2.45) is 0 Å². The standard InChI is InChI=1S/C16H22BrF2N3O2Si/c1-25(2,3)7-6-23-15(14-12(20)9-21-22-14)11-8-10(17)4-5-13(11)24-16(18)19/h4-5,8-9,15-16H,6-7,20H2,1-3H3,(H,21,22). The van der Waals surface area contributed by atoms with Gasteiger partial charge in [-0.2, -0.15) is 13.9 Å². The number of nitrogen functional groups attached to an aromatic ring is 1. The van der Waals surface area contributed by atoms with Gasteiger partial charge in [-0.15, -0.1) is 0 Å². The Hall–Kier alpha value is -1.45. The van der Waals surface area contributed by atoms with Crippen LogP contribution in [-0.2, 0) is 4.74 Å². The number of nitrogens with zero attached hydrogens (tertiary/aromatic N) is 1. The number of H-pyrrole nitrogens is 1. The summed E-state index contributed by atoms with van der Waals surface area (Å²) in [7, 11) is -1.32. The zero-order chi connectivity index (χ0) is 18.6. The number of aromatic nitrogens is 2. The second kappa shape index (κ2) is 8.28. The first-order valence-corrected chi connectivity index (χ1v) is 12.3. The van der Waals surface area contributed by atoms with Crippen LogP contribution in [0.4, 0.5) is 14.5 Å². The van der Waals surface area contributed by atoms with E-state index in [2.05, 4.69) is 50.5 Å². The van der Waals surface area contributed by atoms with E-state index in [0.29, 0.717) is 23.6 Å². The molecule has 2 aromatic rings.